The molecule has 0 bridgehead atoms. The molecule has 1 nitrogen and oxygen atoms in total. The van der Waals surface area contributed by atoms with Crippen molar-refractivity contribution in [2.45, 2.75) is 62.5 Å². The van der Waals surface area contributed by atoms with Crippen LogP contribution in [0.2, 0.25) is 10.6 Å². The van der Waals surface area contributed by atoms with Crippen molar-refractivity contribution >= 4 is 15.0 Å². The Hall–Kier alpha value is 0.479. The molecule has 1 N–H and O–H groups in total. The van der Waals surface area contributed by atoms with Gasteiger partial charge in [-0.15, -0.1) is 0 Å². The first-order chi connectivity index (χ1) is 6.35. The standard InChI is InChI=1S/C11H24OSe/c1-3-4-5-6-7-8-9-11(10-12)13-2/h11-12H,3-10H2,1-2H3. The van der Waals surface area contributed by atoms with Gasteiger partial charge in [-0.25, -0.2) is 0 Å². The summed E-state index contributed by atoms with van der Waals surface area (Å²) < 4.78 is 0. The molecule has 0 heterocycles. The van der Waals surface area contributed by atoms with E-state index in [0.29, 0.717) is 26.4 Å². The number of unbranched alkanes of at least 4 members (excludes halogenated alkanes) is 5. The average molecular weight is 251 g/mol. The predicted octanol–water partition coefficient (Wildman–Crippen LogP) is 3.27. The van der Waals surface area contributed by atoms with Gasteiger partial charge in [0.25, 0.3) is 0 Å². The summed E-state index contributed by atoms with van der Waals surface area (Å²) in [4.78, 5) is 0.624. The van der Waals surface area contributed by atoms with Crippen LogP contribution in [0, 0.1) is 0 Å². The molecule has 2 heteroatoms. The Kier molecular flexibility index (Phi) is 10.9. The summed E-state index contributed by atoms with van der Waals surface area (Å²) in [5, 5.41) is 8.98. The van der Waals surface area contributed by atoms with Gasteiger partial charge in [-0.05, 0) is 0 Å². The van der Waals surface area contributed by atoms with E-state index in [1.807, 2.05) is 0 Å². The molecule has 0 aromatic carbocycles. The summed E-state index contributed by atoms with van der Waals surface area (Å²) in [6.45, 7) is 2.66. The normalized spacial score (nSPS) is 13.2. The first kappa shape index (κ1) is 13.5. The van der Waals surface area contributed by atoms with Gasteiger partial charge in [-0.2, -0.15) is 0 Å². The zero-order valence-electron chi connectivity index (χ0n) is 9.09. The molecule has 0 aromatic heterocycles. The van der Waals surface area contributed by atoms with E-state index in [9.17, 15) is 0 Å². The average Bonchev–Trinajstić information content (AvgIpc) is 2.17. The molecule has 0 saturated heterocycles. The van der Waals surface area contributed by atoms with Crippen molar-refractivity contribution in [2.75, 3.05) is 6.61 Å². The number of hydrogen-bond acceptors (Lipinski definition) is 1. The van der Waals surface area contributed by atoms with E-state index >= 15 is 0 Å². The fourth-order valence-electron chi connectivity index (χ4n) is 1.44. The maximum absolute atomic E-state index is 8.98. The second-order valence-electron chi connectivity index (χ2n) is 3.60. The van der Waals surface area contributed by atoms with Crippen molar-refractivity contribution in [1.29, 1.82) is 0 Å². The third kappa shape index (κ3) is 8.80. The summed E-state index contributed by atoms with van der Waals surface area (Å²) in [5.74, 6) is 2.23. The van der Waals surface area contributed by atoms with Crippen molar-refractivity contribution in [1.82, 2.24) is 0 Å². The molecular weight excluding hydrogens is 227 g/mol. The third-order valence-corrected chi connectivity index (χ3v) is 4.62. The Labute approximate surface area is 89.5 Å². The van der Waals surface area contributed by atoms with Crippen LogP contribution in [0.5, 0.6) is 0 Å². The second kappa shape index (κ2) is 10.6. The van der Waals surface area contributed by atoms with Crippen LogP contribution in [0.15, 0.2) is 0 Å². The van der Waals surface area contributed by atoms with Gasteiger partial charge >= 0.3 is 89.2 Å². The number of aliphatic hydroxyl groups is 1. The zero-order chi connectivity index (χ0) is 9.94. The van der Waals surface area contributed by atoms with Gasteiger partial charge in [0.1, 0.15) is 0 Å². The minimum absolute atomic E-state index is 0.408. The van der Waals surface area contributed by atoms with E-state index in [2.05, 4.69) is 12.7 Å². The fraction of sp³-hybridized carbons (Fsp3) is 1.00. The molecule has 0 radical (unpaired) electrons. The van der Waals surface area contributed by atoms with Crippen LogP contribution in [-0.2, 0) is 0 Å². The molecule has 0 aromatic rings. The zero-order valence-corrected chi connectivity index (χ0v) is 10.8. The summed E-state index contributed by atoms with van der Waals surface area (Å²) >= 11 is 0.637. The van der Waals surface area contributed by atoms with Crippen molar-refractivity contribution in [3.05, 3.63) is 0 Å². The Morgan fingerprint density at radius 2 is 1.69 bits per heavy atom. The molecule has 0 spiro atoms. The molecule has 0 fully saturated rings. The number of rotatable bonds is 9. The Bertz CT molecular complexity index is 92.1. The van der Waals surface area contributed by atoms with E-state index in [1.165, 1.54) is 44.9 Å². The quantitative estimate of drug-likeness (QED) is 0.492. The van der Waals surface area contributed by atoms with Crippen molar-refractivity contribution < 1.29 is 5.11 Å². The molecule has 1 atom stereocenters. The first-order valence-corrected chi connectivity index (χ1v) is 8.19. The van der Waals surface area contributed by atoms with Crippen LogP contribution in [0.1, 0.15) is 51.9 Å². The molecule has 80 valence electrons. The predicted molar refractivity (Wildman–Crippen MR) is 60.4 cm³/mol. The molecular formula is C11H24OSe. The van der Waals surface area contributed by atoms with E-state index in [1.54, 1.807) is 0 Å². The second-order valence-corrected chi connectivity index (χ2v) is 5.98. The molecule has 0 aliphatic rings. The molecule has 0 aliphatic heterocycles. The molecule has 0 saturated carbocycles. The van der Waals surface area contributed by atoms with E-state index in [0.717, 1.165) is 0 Å². The molecule has 13 heavy (non-hydrogen) atoms. The van der Waals surface area contributed by atoms with E-state index < -0.39 is 0 Å². The van der Waals surface area contributed by atoms with Gasteiger partial charge < -0.3 is 0 Å². The van der Waals surface area contributed by atoms with Crippen molar-refractivity contribution in [2.24, 2.45) is 0 Å². The Morgan fingerprint density at radius 3 is 2.23 bits per heavy atom. The topological polar surface area (TPSA) is 20.2 Å². The van der Waals surface area contributed by atoms with Crippen molar-refractivity contribution in [3.63, 3.8) is 0 Å². The van der Waals surface area contributed by atoms with Crippen LogP contribution in [0.3, 0.4) is 0 Å². The SMILES string of the molecule is CCCCCCCCC(CO)[Se]C. The fourth-order valence-corrected chi connectivity index (χ4v) is 2.59. The van der Waals surface area contributed by atoms with E-state index in [-0.39, 0.29) is 0 Å². The molecule has 0 rings (SSSR count). The molecule has 0 amide bonds. The Balaban J connectivity index is 3.05. The third-order valence-electron chi connectivity index (χ3n) is 2.42. The maximum atomic E-state index is 8.98. The van der Waals surface area contributed by atoms with Crippen LogP contribution >= 0.6 is 0 Å². The number of hydrogen-bond donors (Lipinski definition) is 1. The molecule has 0 aliphatic carbocycles. The summed E-state index contributed by atoms with van der Waals surface area (Å²) in [6.07, 6.45) is 9.45. The van der Waals surface area contributed by atoms with Crippen molar-refractivity contribution in [3.8, 4) is 0 Å². The van der Waals surface area contributed by atoms with Gasteiger partial charge in [-0.3, -0.25) is 0 Å². The van der Waals surface area contributed by atoms with Crippen LogP contribution < -0.4 is 0 Å². The van der Waals surface area contributed by atoms with Crippen LogP contribution in [0.25, 0.3) is 0 Å². The first-order valence-electron chi connectivity index (χ1n) is 5.48. The van der Waals surface area contributed by atoms with Gasteiger partial charge in [0.05, 0.1) is 0 Å². The monoisotopic (exact) mass is 252 g/mol. The van der Waals surface area contributed by atoms with Crippen LogP contribution in [0.4, 0.5) is 0 Å². The van der Waals surface area contributed by atoms with Gasteiger partial charge in [0.2, 0.25) is 0 Å². The van der Waals surface area contributed by atoms with Gasteiger partial charge in [-0.1, -0.05) is 0 Å². The summed E-state index contributed by atoms with van der Waals surface area (Å²) in [6, 6.07) is 0. The number of aliphatic hydroxyl groups excluding tert-OH is 1. The van der Waals surface area contributed by atoms with E-state index in [4.69, 9.17) is 5.11 Å². The summed E-state index contributed by atoms with van der Waals surface area (Å²) in [5.41, 5.74) is 0. The molecule has 1 unspecified atom stereocenters. The van der Waals surface area contributed by atoms with Gasteiger partial charge in [0.15, 0.2) is 0 Å². The van der Waals surface area contributed by atoms with Gasteiger partial charge in [0, 0.05) is 0 Å². The van der Waals surface area contributed by atoms with Crippen LogP contribution in [-0.4, -0.2) is 26.7 Å². The summed E-state index contributed by atoms with van der Waals surface area (Å²) in [7, 11) is 0. The Morgan fingerprint density at radius 1 is 1.08 bits per heavy atom. The minimum atomic E-state index is 0.408.